The van der Waals surface area contributed by atoms with Crippen LogP contribution in [0.4, 0.5) is 16.0 Å². The summed E-state index contributed by atoms with van der Waals surface area (Å²) in [5.41, 5.74) is 0.994. The maximum atomic E-state index is 13.2. The van der Waals surface area contributed by atoms with E-state index in [0.717, 1.165) is 49.8 Å². The van der Waals surface area contributed by atoms with Crippen LogP contribution >= 0.6 is 0 Å². The summed E-state index contributed by atoms with van der Waals surface area (Å²) in [5.74, 6) is 2.42. The van der Waals surface area contributed by atoms with Crippen LogP contribution in [0.15, 0.2) is 42.5 Å². The number of aromatic nitrogens is 1. The molecule has 1 aromatic carbocycles. The summed E-state index contributed by atoms with van der Waals surface area (Å²) in [5, 5.41) is 6.59. The molecule has 1 aliphatic rings. The second-order valence-corrected chi connectivity index (χ2v) is 6.35. The van der Waals surface area contributed by atoms with Crippen molar-refractivity contribution in [2.45, 2.75) is 12.8 Å². The summed E-state index contributed by atoms with van der Waals surface area (Å²) in [6, 6.07) is 12.8. The molecule has 0 saturated carbocycles. The van der Waals surface area contributed by atoms with Crippen LogP contribution in [0.5, 0.6) is 0 Å². The fourth-order valence-corrected chi connectivity index (χ4v) is 3.22. The molecule has 1 aromatic heterocycles. The first-order valence-electron chi connectivity index (χ1n) is 8.59. The topological polar surface area (TPSA) is 40.2 Å². The molecule has 0 unspecified atom stereocenters. The van der Waals surface area contributed by atoms with Gasteiger partial charge < -0.3 is 15.5 Å². The summed E-state index contributed by atoms with van der Waals surface area (Å²) >= 11 is 0. The molecule has 2 heterocycles. The van der Waals surface area contributed by atoms with Gasteiger partial charge in [0.25, 0.3) is 0 Å². The lowest BCUT2D eigenvalue weighted by molar-refractivity contribution is 0.549. The van der Waals surface area contributed by atoms with Crippen molar-refractivity contribution in [2.75, 3.05) is 43.4 Å². The largest absolute Gasteiger partial charge is 0.370 e. The van der Waals surface area contributed by atoms with Gasteiger partial charge in [0.2, 0.25) is 0 Å². The maximum absolute atomic E-state index is 13.2. The Labute approximate surface area is 143 Å². The number of nitrogens with one attached hydrogen (secondary N) is 2. The van der Waals surface area contributed by atoms with Gasteiger partial charge in [-0.15, -0.1) is 0 Å². The third-order valence-electron chi connectivity index (χ3n) is 4.45. The normalized spacial score (nSPS) is 17.2. The quantitative estimate of drug-likeness (QED) is 0.820. The molecule has 0 aliphatic carbocycles. The molecule has 1 atom stereocenters. The van der Waals surface area contributed by atoms with Crippen molar-refractivity contribution in [3.8, 4) is 0 Å². The zero-order valence-electron chi connectivity index (χ0n) is 14.1. The van der Waals surface area contributed by atoms with Crippen molar-refractivity contribution in [3.05, 3.63) is 53.8 Å². The Morgan fingerprint density at radius 3 is 2.96 bits per heavy atom. The van der Waals surface area contributed by atoms with Crippen LogP contribution in [-0.2, 0) is 6.42 Å². The van der Waals surface area contributed by atoms with Gasteiger partial charge >= 0.3 is 0 Å². The van der Waals surface area contributed by atoms with E-state index in [1.165, 1.54) is 12.5 Å². The molecule has 1 saturated heterocycles. The number of benzene rings is 1. The van der Waals surface area contributed by atoms with Crippen molar-refractivity contribution >= 4 is 11.6 Å². The summed E-state index contributed by atoms with van der Waals surface area (Å²) in [4.78, 5) is 7.07. The molecule has 1 fully saturated rings. The second-order valence-electron chi connectivity index (χ2n) is 6.35. The van der Waals surface area contributed by atoms with E-state index in [9.17, 15) is 4.39 Å². The minimum absolute atomic E-state index is 0.183. The third kappa shape index (κ3) is 4.45. The van der Waals surface area contributed by atoms with Gasteiger partial charge in [-0.25, -0.2) is 9.37 Å². The Balaban J connectivity index is 1.54. The van der Waals surface area contributed by atoms with E-state index in [0.29, 0.717) is 5.92 Å². The van der Waals surface area contributed by atoms with Crippen LogP contribution in [0.1, 0.15) is 12.0 Å². The summed E-state index contributed by atoms with van der Waals surface area (Å²) in [6.07, 6.45) is 1.98. The fraction of sp³-hybridized carbons (Fsp3) is 0.421. The standard InChI is InChI=1S/C19H25FN4/c1-21-13-16-9-11-24(14-16)19-7-3-6-18(23-19)22-10-8-15-4-2-5-17(20)12-15/h2-7,12,16,21H,8-11,13-14H2,1H3,(H,22,23)/t16-/m0/s1. The highest BCUT2D eigenvalue weighted by atomic mass is 19.1. The predicted molar refractivity (Wildman–Crippen MR) is 97.1 cm³/mol. The van der Waals surface area contributed by atoms with Crippen molar-refractivity contribution in [3.63, 3.8) is 0 Å². The van der Waals surface area contributed by atoms with Gasteiger partial charge in [0.1, 0.15) is 17.5 Å². The van der Waals surface area contributed by atoms with Gasteiger partial charge in [0, 0.05) is 19.6 Å². The van der Waals surface area contributed by atoms with E-state index in [1.54, 1.807) is 12.1 Å². The molecule has 3 rings (SSSR count). The molecule has 2 aromatic rings. The number of hydrogen-bond acceptors (Lipinski definition) is 4. The third-order valence-corrected chi connectivity index (χ3v) is 4.45. The highest BCUT2D eigenvalue weighted by molar-refractivity contribution is 5.47. The zero-order chi connectivity index (χ0) is 16.8. The Kier molecular flexibility index (Phi) is 5.64. The van der Waals surface area contributed by atoms with Crippen LogP contribution in [-0.4, -0.2) is 38.2 Å². The molecule has 0 bridgehead atoms. The molecule has 1 aliphatic heterocycles. The predicted octanol–water partition coefficient (Wildman–Crippen LogP) is 2.92. The van der Waals surface area contributed by atoms with Crippen LogP contribution in [0.25, 0.3) is 0 Å². The fourth-order valence-electron chi connectivity index (χ4n) is 3.22. The van der Waals surface area contributed by atoms with Crippen molar-refractivity contribution in [1.29, 1.82) is 0 Å². The minimum Gasteiger partial charge on any atom is -0.370 e. The molecule has 5 heteroatoms. The van der Waals surface area contributed by atoms with Gasteiger partial charge in [-0.2, -0.15) is 0 Å². The van der Waals surface area contributed by atoms with Crippen LogP contribution in [0, 0.1) is 11.7 Å². The molecule has 4 nitrogen and oxygen atoms in total. The van der Waals surface area contributed by atoms with Crippen LogP contribution in [0.3, 0.4) is 0 Å². The number of hydrogen-bond donors (Lipinski definition) is 2. The molecule has 24 heavy (non-hydrogen) atoms. The van der Waals surface area contributed by atoms with Crippen molar-refractivity contribution in [2.24, 2.45) is 5.92 Å². The van der Waals surface area contributed by atoms with Gasteiger partial charge in [-0.05, 0) is 62.2 Å². The first kappa shape index (κ1) is 16.7. The van der Waals surface area contributed by atoms with Gasteiger partial charge in [0.05, 0.1) is 0 Å². The summed E-state index contributed by atoms with van der Waals surface area (Å²) < 4.78 is 13.2. The number of anilines is 2. The highest BCUT2D eigenvalue weighted by Crippen LogP contribution is 2.22. The first-order valence-corrected chi connectivity index (χ1v) is 8.59. The Bertz CT molecular complexity index is 661. The molecule has 2 N–H and O–H groups in total. The Morgan fingerprint density at radius 1 is 1.25 bits per heavy atom. The molecule has 0 amide bonds. The number of rotatable bonds is 7. The van der Waals surface area contributed by atoms with Gasteiger partial charge in [-0.3, -0.25) is 0 Å². The molecule has 0 spiro atoms. The first-order chi connectivity index (χ1) is 11.7. The second kappa shape index (κ2) is 8.11. The maximum Gasteiger partial charge on any atom is 0.130 e. The van der Waals surface area contributed by atoms with E-state index in [4.69, 9.17) is 4.98 Å². The van der Waals surface area contributed by atoms with E-state index >= 15 is 0 Å². The number of halogens is 1. The number of nitrogens with zero attached hydrogens (tertiary/aromatic N) is 2. The zero-order valence-corrected chi connectivity index (χ0v) is 14.1. The Hall–Kier alpha value is -2.14. The van der Waals surface area contributed by atoms with E-state index in [-0.39, 0.29) is 5.82 Å². The lowest BCUT2D eigenvalue weighted by atomic mass is 10.1. The monoisotopic (exact) mass is 328 g/mol. The van der Waals surface area contributed by atoms with Gasteiger partial charge in [0.15, 0.2) is 0 Å². The minimum atomic E-state index is -0.183. The summed E-state index contributed by atoms with van der Waals surface area (Å²) in [7, 11) is 2.00. The molecular weight excluding hydrogens is 303 g/mol. The van der Waals surface area contributed by atoms with Crippen LogP contribution in [0.2, 0.25) is 0 Å². The number of pyridine rings is 1. The lowest BCUT2D eigenvalue weighted by Gasteiger charge is -2.18. The average molecular weight is 328 g/mol. The van der Waals surface area contributed by atoms with E-state index in [2.05, 4.69) is 21.6 Å². The van der Waals surface area contributed by atoms with E-state index < -0.39 is 0 Å². The Morgan fingerprint density at radius 2 is 2.12 bits per heavy atom. The average Bonchev–Trinajstić information content (AvgIpc) is 3.04. The van der Waals surface area contributed by atoms with Gasteiger partial charge in [-0.1, -0.05) is 18.2 Å². The molecule has 128 valence electrons. The molecular formula is C19H25FN4. The van der Waals surface area contributed by atoms with Crippen molar-refractivity contribution < 1.29 is 4.39 Å². The van der Waals surface area contributed by atoms with Crippen LogP contribution < -0.4 is 15.5 Å². The SMILES string of the molecule is CNC[C@@H]1CCN(c2cccc(NCCc3cccc(F)c3)n2)C1. The van der Waals surface area contributed by atoms with E-state index in [1.807, 2.05) is 25.2 Å². The van der Waals surface area contributed by atoms with Crippen molar-refractivity contribution in [1.82, 2.24) is 10.3 Å². The smallest absolute Gasteiger partial charge is 0.130 e. The molecule has 0 radical (unpaired) electrons. The lowest BCUT2D eigenvalue weighted by Crippen LogP contribution is -2.25. The highest BCUT2D eigenvalue weighted by Gasteiger charge is 2.22. The summed E-state index contributed by atoms with van der Waals surface area (Å²) in [6.45, 7) is 3.91.